The molecule has 0 spiro atoms. The zero-order valence-corrected chi connectivity index (χ0v) is 13.8. The first-order chi connectivity index (χ1) is 11.0. The smallest absolute Gasteiger partial charge is 0.271 e. The molecule has 0 saturated carbocycles. The predicted octanol–water partition coefficient (Wildman–Crippen LogP) is 3.00. The van der Waals surface area contributed by atoms with E-state index < -0.39 is 0 Å². The fourth-order valence-corrected chi connectivity index (χ4v) is 2.78. The molecule has 0 saturated heterocycles. The minimum absolute atomic E-state index is 0.323. The van der Waals surface area contributed by atoms with E-state index in [1.54, 1.807) is 28.9 Å². The van der Waals surface area contributed by atoms with Crippen molar-refractivity contribution in [2.24, 2.45) is 7.05 Å². The van der Waals surface area contributed by atoms with Gasteiger partial charge in [0.1, 0.15) is 5.82 Å². The fourth-order valence-electron chi connectivity index (χ4n) is 2.56. The van der Waals surface area contributed by atoms with Crippen molar-refractivity contribution in [3.05, 3.63) is 52.2 Å². The molecule has 7 heteroatoms. The van der Waals surface area contributed by atoms with Gasteiger partial charge in [0.25, 0.3) is 5.91 Å². The van der Waals surface area contributed by atoms with Crippen LogP contribution in [0.1, 0.15) is 21.6 Å². The number of hydrogen-bond acceptors (Lipinski definition) is 4. The lowest BCUT2D eigenvalue weighted by Crippen LogP contribution is -2.30. The van der Waals surface area contributed by atoms with Crippen molar-refractivity contribution < 1.29 is 4.79 Å². The Labute approximate surface area is 138 Å². The van der Waals surface area contributed by atoms with E-state index in [0.29, 0.717) is 16.4 Å². The van der Waals surface area contributed by atoms with Crippen LogP contribution in [0.25, 0.3) is 11.0 Å². The largest absolute Gasteiger partial charge is 0.282 e. The van der Waals surface area contributed by atoms with E-state index in [4.69, 9.17) is 11.6 Å². The van der Waals surface area contributed by atoms with Crippen molar-refractivity contribution in [3.63, 3.8) is 0 Å². The van der Waals surface area contributed by atoms with Gasteiger partial charge in [-0.25, -0.2) is 4.98 Å². The van der Waals surface area contributed by atoms with E-state index in [2.05, 4.69) is 20.9 Å². The summed E-state index contributed by atoms with van der Waals surface area (Å²) >= 11 is 6.01. The molecule has 2 heterocycles. The molecule has 0 aliphatic carbocycles. The van der Waals surface area contributed by atoms with E-state index in [9.17, 15) is 4.79 Å². The van der Waals surface area contributed by atoms with Gasteiger partial charge in [-0.1, -0.05) is 23.7 Å². The van der Waals surface area contributed by atoms with Gasteiger partial charge in [0.05, 0.1) is 16.3 Å². The molecular weight excluding hydrogens is 314 g/mol. The lowest BCUT2D eigenvalue weighted by atomic mass is 10.1. The van der Waals surface area contributed by atoms with Gasteiger partial charge in [0.15, 0.2) is 5.65 Å². The van der Waals surface area contributed by atoms with Crippen molar-refractivity contribution in [3.8, 4) is 0 Å². The SMILES string of the molecule is Cc1cc(NNC(=O)c2ccccc2Cl)nc2c1c(C)nn2C. The van der Waals surface area contributed by atoms with Gasteiger partial charge in [-0.15, -0.1) is 0 Å². The Balaban J connectivity index is 1.84. The molecule has 3 aromatic rings. The number of halogens is 1. The van der Waals surface area contributed by atoms with Crippen molar-refractivity contribution in [2.75, 3.05) is 5.43 Å². The summed E-state index contributed by atoms with van der Waals surface area (Å²) in [7, 11) is 1.84. The first-order valence-corrected chi connectivity index (χ1v) is 7.47. The van der Waals surface area contributed by atoms with E-state index in [0.717, 1.165) is 22.3 Å². The average molecular weight is 330 g/mol. The third-order valence-electron chi connectivity index (χ3n) is 3.59. The van der Waals surface area contributed by atoms with Crippen molar-refractivity contribution >= 4 is 34.4 Å². The summed E-state index contributed by atoms with van der Waals surface area (Å²) in [6, 6.07) is 8.72. The summed E-state index contributed by atoms with van der Waals surface area (Å²) in [5.74, 6) is 0.217. The molecule has 1 aromatic carbocycles. The van der Waals surface area contributed by atoms with E-state index in [1.165, 1.54) is 0 Å². The van der Waals surface area contributed by atoms with Gasteiger partial charge < -0.3 is 0 Å². The number of carbonyl (C=O) groups excluding carboxylic acids is 1. The molecule has 0 aliphatic rings. The van der Waals surface area contributed by atoms with Crippen LogP contribution < -0.4 is 10.9 Å². The van der Waals surface area contributed by atoms with Gasteiger partial charge in [0, 0.05) is 12.4 Å². The second-order valence-corrected chi connectivity index (χ2v) is 5.70. The number of benzene rings is 1. The molecule has 6 nitrogen and oxygen atoms in total. The van der Waals surface area contributed by atoms with Crippen LogP contribution in [0, 0.1) is 13.8 Å². The first-order valence-electron chi connectivity index (χ1n) is 7.09. The monoisotopic (exact) mass is 329 g/mol. The van der Waals surface area contributed by atoms with Gasteiger partial charge in [-0.2, -0.15) is 5.10 Å². The summed E-state index contributed by atoms with van der Waals surface area (Å²) in [4.78, 5) is 16.6. The molecule has 2 N–H and O–H groups in total. The summed E-state index contributed by atoms with van der Waals surface area (Å²) < 4.78 is 1.72. The number of fused-ring (bicyclic) bond motifs is 1. The molecule has 0 fully saturated rings. The number of nitrogens with zero attached hydrogens (tertiary/aromatic N) is 3. The third kappa shape index (κ3) is 2.85. The second-order valence-electron chi connectivity index (χ2n) is 5.29. The minimum Gasteiger partial charge on any atom is -0.282 e. The molecule has 0 unspecified atom stereocenters. The Morgan fingerprint density at radius 3 is 2.74 bits per heavy atom. The van der Waals surface area contributed by atoms with Crippen molar-refractivity contribution in [1.82, 2.24) is 20.2 Å². The van der Waals surface area contributed by atoms with Gasteiger partial charge in [-0.05, 0) is 37.6 Å². The lowest BCUT2D eigenvalue weighted by Gasteiger charge is -2.10. The molecule has 0 radical (unpaired) electrons. The molecule has 2 aromatic heterocycles. The molecule has 1 amide bonds. The number of rotatable bonds is 3. The van der Waals surface area contributed by atoms with Crippen LogP contribution in [0.5, 0.6) is 0 Å². The second kappa shape index (κ2) is 5.89. The molecule has 0 bridgehead atoms. The van der Waals surface area contributed by atoms with Crippen molar-refractivity contribution in [1.29, 1.82) is 0 Å². The van der Waals surface area contributed by atoms with Crippen LogP contribution >= 0.6 is 11.6 Å². The van der Waals surface area contributed by atoms with Crippen molar-refractivity contribution in [2.45, 2.75) is 13.8 Å². The molecule has 23 heavy (non-hydrogen) atoms. The van der Waals surface area contributed by atoms with Crippen LogP contribution in [0.4, 0.5) is 5.82 Å². The zero-order chi connectivity index (χ0) is 16.6. The number of hydrazine groups is 1. The third-order valence-corrected chi connectivity index (χ3v) is 3.92. The Kier molecular flexibility index (Phi) is 3.92. The highest BCUT2D eigenvalue weighted by atomic mass is 35.5. The van der Waals surface area contributed by atoms with Crippen LogP contribution in [0.2, 0.25) is 5.02 Å². The van der Waals surface area contributed by atoms with Gasteiger partial charge >= 0.3 is 0 Å². The number of amides is 1. The number of pyridine rings is 1. The Bertz CT molecular complexity index is 903. The lowest BCUT2D eigenvalue weighted by molar-refractivity contribution is 0.0962. The average Bonchev–Trinajstić information content (AvgIpc) is 2.80. The first kappa shape index (κ1) is 15.3. The number of aromatic nitrogens is 3. The molecule has 3 rings (SSSR count). The maximum absolute atomic E-state index is 12.2. The standard InChI is InChI=1S/C16H16ClN5O/c1-9-8-13(18-15-14(9)10(2)21-22(15)3)19-20-16(23)11-6-4-5-7-12(11)17/h4-8H,1-3H3,(H,18,19)(H,20,23). The summed E-state index contributed by atoms with van der Waals surface area (Å²) in [6.45, 7) is 3.93. The van der Waals surface area contributed by atoms with Crippen LogP contribution in [0.15, 0.2) is 30.3 Å². The topological polar surface area (TPSA) is 71.8 Å². The predicted molar refractivity (Wildman–Crippen MR) is 90.5 cm³/mol. The maximum atomic E-state index is 12.2. The highest BCUT2D eigenvalue weighted by molar-refractivity contribution is 6.33. The quantitative estimate of drug-likeness (QED) is 0.725. The van der Waals surface area contributed by atoms with Gasteiger partial charge in [-0.3, -0.25) is 20.3 Å². The Morgan fingerprint density at radius 1 is 1.26 bits per heavy atom. The summed E-state index contributed by atoms with van der Waals surface area (Å²) in [5.41, 5.74) is 8.56. The highest BCUT2D eigenvalue weighted by Gasteiger charge is 2.12. The number of aryl methyl sites for hydroxylation is 3. The van der Waals surface area contributed by atoms with E-state index in [-0.39, 0.29) is 5.91 Å². The van der Waals surface area contributed by atoms with Crippen LogP contribution in [-0.2, 0) is 7.05 Å². The number of nitrogens with one attached hydrogen (secondary N) is 2. The molecular formula is C16H16ClN5O. The molecule has 118 valence electrons. The fraction of sp³-hybridized carbons (Fsp3) is 0.188. The normalized spacial score (nSPS) is 10.8. The maximum Gasteiger partial charge on any atom is 0.271 e. The van der Waals surface area contributed by atoms with Crippen LogP contribution in [0.3, 0.4) is 0 Å². The number of anilines is 1. The van der Waals surface area contributed by atoms with E-state index >= 15 is 0 Å². The zero-order valence-electron chi connectivity index (χ0n) is 13.0. The summed E-state index contributed by atoms with van der Waals surface area (Å²) in [5, 5.41) is 5.79. The van der Waals surface area contributed by atoms with E-state index in [1.807, 2.05) is 27.0 Å². The molecule has 0 atom stereocenters. The van der Waals surface area contributed by atoms with Gasteiger partial charge in [0.2, 0.25) is 0 Å². The Hall–Kier alpha value is -2.60. The molecule has 0 aliphatic heterocycles. The Morgan fingerprint density at radius 2 is 2.00 bits per heavy atom. The highest BCUT2D eigenvalue weighted by Crippen LogP contribution is 2.22. The number of hydrogen-bond donors (Lipinski definition) is 2. The summed E-state index contributed by atoms with van der Waals surface area (Å²) in [6.07, 6.45) is 0. The minimum atomic E-state index is -0.323. The van der Waals surface area contributed by atoms with Crippen LogP contribution in [-0.4, -0.2) is 20.7 Å². The number of carbonyl (C=O) groups is 1.